The van der Waals surface area contributed by atoms with E-state index >= 15 is 0 Å². The van der Waals surface area contributed by atoms with Crippen LogP contribution in [0.1, 0.15) is 142 Å². The van der Waals surface area contributed by atoms with Crippen molar-refractivity contribution in [1.82, 2.24) is 0 Å². The molecule has 0 aromatic heterocycles. The van der Waals surface area contributed by atoms with E-state index in [4.69, 9.17) is 19.1 Å². The molecule has 314 valence electrons. The molecule has 0 radical (unpaired) electrons. The molecule has 3 atom stereocenters. The maximum absolute atomic E-state index is 12.6. The molecular formula is C44H73O10P. The third-order valence-electron chi connectivity index (χ3n) is 8.00. The van der Waals surface area contributed by atoms with Gasteiger partial charge in [-0.25, -0.2) is 4.57 Å². The number of ether oxygens (including phenoxy) is 2. The van der Waals surface area contributed by atoms with E-state index in [1.54, 1.807) is 0 Å². The zero-order valence-electron chi connectivity index (χ0n) is 33.9. The molecule has 0 fully saturated rings. The Kier molecular flexibility index (Phi) is 37.3. The second-order valence-corrected chi connectivity index (χ2v) is 14.8. The number of carbonyl (C=O) groups is 2. The number of hydrogen-bond donors (Lipinski definition) is 3. The highest BCUT2D eigenvalue weighted by Crippen LogP contribution is 2.43. The summed E-state index contributed by atoms with van der Waals surface area (Å²) in [4.78, 5) is 34.9. The van der Waals surface area contributed by atoms with Crippen LogP contribution in [0.4, 0.5) is 0 Å². The van der Waals surface area contributed by atoms with Crippen molar-refractivity contribution in [2.24, 2.45) is 0 Å². The highest BCUT2D eigenvalue weighted by molar-refractivity contribution is 7.47. The van der Waals surface area contributed by atoms with Gasteiger partial charge in [0.15, 0.2) is 6.10 Å². The molecule has 0 saturated heterocycles. The van der Waals surface area contributed by atoms with E-state index < -0.39 is 51.8 Å². The number of hydrogen-bond acceptors (Lipinski definition) is 9. The number of esters is 2. The van der Waals surface area contributed by atoms with Gasteiger partial charge in [0.25, 0.3) is 0 Å². The molecule has 55 heavy (non-hydrogen) atoms. The molecule has 0 bridgehead atoms. The van der Waals surface area contributed by atoms with E-state index in [2.05, 4.69) is 103 Å². The Morgan fingerprint density at radius 1 is 0.545 bits per heavy atom. The number of phosphoric ester groups is 1. The molecule has 0 spiro atoms. The standard InChI is InChI=1S/C44H73O10P/c1-3-5-7-9-11-13-15-17-19-20-22-24-26-28-30-32-34-36-44(48)54-42(40-53-55(49,50)52-38-41(46)37-45)39-51-43(47)35-33-31-29-27-25-23-21-18-16-14-12-10-8-6-4-2/h7,9,12-15,18-21,24-27,41-42,45-46H,3-6,8,10-11,16-17,22-23,28-40H2,1-2H3,(H,49,50)/b9-7+,14-12+,15-13+,20-19+,21-18+,26-24+,27-25+/t41-,42+/m0/s1. The van der Waals surface area contributed by atoms with Crippen molar-refractivity contribution in [3.63, 3.8) is 0 Å². The van der Waals surface area contributed by atoms with Crippen molar-refractivity contribution >= 4 is 19.8 Å². The summed E-state index contributed by atoms with van der Waals surface area (Å²) in [6.07, 6.45) is 45.5. The van der Waals surface area contributed by atoms with Crippen LogP contribution >= 0.6 is 7.82 Å². The van der Waals surface area contributed by atoms with Gasteiger partial charge >= 0.3 is 19.8 Å². The van der Waals surface area contributed by atoms with Gasteiger partial charge in [0.05, 0.1) is 19.8 Å². The summed E-state index contributed by atoms with van der Waals surface area (Å²) in [6, 6.07) is 0. The fraction of sp³-hybridized carbons (Fsp3) is 0.636. The van der Waals surface area contributed by atoms with Gasteiger partial charge in [0, 0.05) is 12.8 Å². The molecule has 0 aromatic carbocycles. The van der Waals surface area contributed by atoms with Crippen molar-refractivity contribution in [3.8, 4) is 0 Å². The van der Waals surface area contributed by atoms with Crippen LogP contribution in [0.3, 0.4) is 0 Å². The lowest BCUT2D eigenvalue weighted by molar-refractivity contribution is -0.161. The number of phosphoric acid groups is 1. The maximum Gasteiger partial charge on any atom is 0.472 e. The van der Waals surface area contributed by atoms with Crippen LogP contribution in [0.2, 0.25) is 0 Å². The molecule has 0 aliphatic heterocycles. The largest absolute Gasteiger partial charge is 0.472 e. The third kappa shape index (κ3) is 39.2. The van der Waals surface area contributed by atoms with E-state index in [9.17, 15) is 24.2 Å². The average Bonchev–Trinajstić information content (AvgIpc) is 3.17. The Hall–Kier alpha value is -2.85. The average molecular weight is 793 g/mol. The molecule has 0 rings (SSSR count). The van der Waals surface area contributed by atoms with Gasteiger partial charge < -0.3 is 24.6 Å². The molecule has 11 heteroatoms. The van der Waals surface area contributed by atoms with E-state index in [0.29, 0.717) is 12.8 Å². The van der Waals surface area contributed by atoms with E-state index in [-0.39, 0.29) is 19.4 Å². The molecule has 0 heterocycles. The molecule has 3 N–H and O–H groups in total. The van der Waals surface area contributed by atoms with Crippen molar-refractivity contribution in [1.29, 1.82) is 0 Å². The molecule has 0 aliphatic carbocycles. The van der Waals surface area contributed by atoms with Gasteiger partial charge in [-0.05, 0) is 89.9 Å². The molecule has 0 aliphatic rings. The van der Waals surface area contributed by atoms with Crippen LogP contribution < -0.4 is 0 Å². The highest BCUT2D eigenvalue weighted by atomic mass is 31.2. The lowest BCUT2D eigenvalue weighted by atomic mass is 10.1. The fourth-order valence-corrected chi connectivity index (χ4v) is 5.60. The highest BCUT2D eigenvalue weighted by Gasteiger charge is 2.27. The van der Waals surface area contributed by atoms with Gasteiger partial charge in [-0.15, -0.1) is 0 Å². The molecule has 10 nitrogen and oxygen atoms in total. The van der Waals surface area contributed by atoms with Crippen LogP contribution in [0.25, 0.3) is 0 Å². The number of allylic oxidation sites excluding steroid dienone is 14. The van der Waals surface area contributed by atoms with E-state index in [1.807, 2.05) is 0 Å². The summed E-state index contributed by atoms with van der Waals surface area (Å²) in [5.74, 6) is -1.02. The van der Waals surface area contributed by atoms with Crippen molar-refractivity contribution in [2.75, 3.05) is 26.4 Å². The lowest BCUT2D eigenvalue weighted by Crippen LogP contribution is -2.29. The minimum absolute atomic E-state index is 0.133. The first-order chi connectivity index (χ1) is 26.7. The molecule has 1 unspecified atom stereocenters. The Balaban J connectivity index is 4.48. The van der Waals surface area contributed by atoms with Gasteiger partial charge in [-0.2, -0.15) is 0 Å². The summed E-state index contributed by atoms with van der Waals surface area (Å²) in [5, 5.41) is 18.3. The molecule has 0 aromatic rings. The Bertz CT molecular complexity index is 1190. The second-order valence-electron chi connectivity index (χ2n) is 13.3. The van der Waals surface area contributed by atoms with Crippen LogP contribution in [-0.4, -0.2) is 65.7 Å². The number of rotatable bonds is 37. The SMILES string of the molecule is CCC/C=C/C/C=C/C/C=C/C/C=C/CCCCCC(=O)O[C@H](COC(=O)CCCC/C=C/C/C=C/C/C=C/CCCCC)COP(=O)(O)OC[C@@H](O)CO. The minimum Gasteiger partial charge on any atom is -0.462 e. The minimum atomic E-state index is -4.64. The topological polar surface area (TPSA) is 149 Å². The predicted molar refractivity (Wildman–Crippen MR) is 223 cm³/mol. The van der Waals surface area contributed by atoms with Crippen LogP contribution in [0.5, 0.6) is 0 Å². The number of unbranched alkanes of at least 4 members (excludes halogenated alkanes) is 9. The molecule has 0 saturated carbocycles. The van der Waals surface area contributed by atoms with Crippen molar-refractivity contribution in [2.45, 2.75) is 154 Å². The van der Waals surface area contributed by atoms with Gasteiger partial charge in [0.1, 0.15) is 12.7 Å². The fourth-order valence-electron chi connectivity index (χ4n) is 4.81. The van der Waals surface area contributed by atoms with Gasteiger partial charge in [0.2, 0.25) is 0 Å². The molecule has 0 amide bonds. The number of aliphatic hydroxyl groups is 2. The normalized spacial score (nSPS) is 14.8. The summed E-state index contributed by atoms with van der Waals surface area (Å²) >= 11 is 0. The first-order valence-corrected chi connectivity index (χ1v) is 22.0. The monoisotopic (exact) mass is 792 g/mol. The van der Waals surface area contributed by atoms with E-state index in [1.165, 1.54) is 25.7 Å². The van der Waals surface area contributed by atoms with Crippen molar-refractivity contribution < 1.29 is 47.8 Å². The Labute approximate surface area is 332 Å². The Morgan fingerprint density at radius 2 is 0.982 bits per heavy atom. The zero-order valence-corrected chi connectivity index (χ0v) is 34.7. The van der Waals surface area contributed by atoms with Crippen molar-refractivity contribution in [3.05, 3.63) is 85.1 Å². The second kappa shape index (κ2) is 39.4. The van der Waals surface area contributed by atoms with E-state index in [0.717, 1.165) is 77.0 Å². The number of carbonyl (C=O) groups excluding carboxylic acids is 2. The molecular weight excluding hydrogens is 719 g/mol. The summed E-state index contributed by atoms with van der Waals surface area (Å²) < 4.78 is 32.6. The third-order valence-corrected chi connectivity index (χ3v) is 8.95. The van der Waals surface area contributed by atoms with Gasteiger partial charge in [-0.1, -0.05) is 125 Å². The summed E-state index contributed by atoms with van der Waals surface area (Å²) in [5.41, 5.74) is 0. The zero-order chi connectivity index (χ0) is 40.5. The predicted octanol–water partition coefficient (Wildman–Crippen LogP) is 10.7. The van der Waals surface area contributed by atoms with Crippen LogP contribution in [-0.2, 0) is 32.7 Å². The maximum atomic E-state index is 12.6. The van der Waals surface area contributed by atoms with Crippen LogP contribution in [0, 0.1) is 0 Å². The summed E-state index contributed by atoms with van der Waals surface area (Å²) in [7, 11) is -4.64. The first-order valence-electron chi connectivity index (χ1n) is 20.5. The van der Waals surface area contributed by atoms with Gasteiger partial charge in [-0.3, -0.25) is 18.6 Å². The lowest BCUT2D eigenvalue weighted by Gasteiger charge is -2.20. The summed E-state index contributed by atoms with van der Waals surface area (Å²) in [6.45, 7) is 2.17. The smallest absolute Gasteiger partial charge is 0.462 e. The first kappa shape index (κ1) is 52.2. The number of aliphatic hydroxyl groups excluding tert-OH is 2. The Morgan fingerprint density at radius 3 is 1.49 bits per heavy atom. The quantitative estimate of drug-likeness (QED) is 0.0240. The van der Waals surface area contributed by atoms with Crippen LogP contribution in [0.15, 0.2) is 85.1 Å².